The lowest BCUT2D eigenvalue weighted by molar-refractivity contribution is -0.150. The molecule has 3 aromatic rings. The van der Waals surface area contributed by atoms with Gasteiger partial charge >= 0.3 is 5.97 Å². The van der Waals surface area contributed by atoms with E-state index < -0.39 is 11.9 Å². The lowest BCUT2D eigenvalue weighted by Crippen LogP contribution is -2.35. The van der Waals surface area contributed by atoms with Crippen LogP contribution in [-0.4, -0.2) is 51.4 Å². The van der Waals surface area contributed by atoms with Gasteiger partial charge in [-0.25, -0.2) is 0 Å². The highest BCUT2D eigenvalue weighted by molar-refractivity contribution is 6.34. The standard InChI is InChI=1S/C20H20Cl2FN5O3/c1-12(29)31-11-18(30)28(10-13-7-14(21)9-15(22)8-13)6-2-5-24-20-25-16-3-4-17(23)26-19(16)27-20/h3-4,7-9H,2,5-6,10-11H2,1H3,(H2,24,25,26,27). The molecule has 0 atom stereocenters. The van der Waals surface area contributed by atoms with Crippen molar-refractivity contribution in [2.75, 3.05) is 25.0 Å². The summed E-state index contributed by atoms with van der Waals surface area (Å²) in [4.78, 5) is 36.0. The summed E-state index contributed by atoms with van der Waals surface area (Å²) in [6.07, 6.45) is 0.568. The zero-order valence-corrected chi connectivity index (χ0v) is 18.1. The largest absolute Gasteiger partial charge is 0.456 e. The van der Waals surface area contributed by atoms with Crippen molar-refractivity contribution < 1.29 is 18.7 Å². The van der Waals surface area contributed by atoms with Gasteiger partial charge in [-0.2, -0.15) is 14.4 Å². The summed E-state index contributed by atoms with van der Waals surface area (Å²) in [6, 6.07) is 7.85. The quantitative estimate of drug-likeness (QED) is 0.282. The van der Waals surface area contributed by atoms with Crippen LogP contribution in [0.2, 0.25) is 10.0 Å². The number of aromatic amines is 1. The Balaban J connectivity index is 1.59. The smallest absolute Gasteiger partial charge is 0.303 e. The second kappa shape index (κ2) is 10.4. The Morgan fingerprint density at radius 1 is 1.19 bits per heavy atom. The van der Waals surface area contributed by atoms with Crippen molar-refractivity contribution in [3.05, 3.63) is 51.9 Å². The number of ether oxygens (including phenoxy) is 1. The molecule has 3 rings (SSSR count). The van der Waals surface area contributed by atoms with E-state index >= 15 is 0 Å². The maximum Gasteiger partial charge on any atom is 0.303 e. The van der Waals surface area contributed by atoms with Gasteiger partial charge in [0, 0.05) is 36.6 Å². The van der Waals surface area contributed by atoms with Gasteiger partial charge in [0.25, 0.3) is 5.91 Å². The number of carbonyl (C=O) groups excluding carboxylic acids is 2. The third kappa shape index (κ3) is 6.80. The summed E-state index contributed by atoms with van der Waals surface area (Å²) in [7, 11) is 0. The number of fused-ring (bicyclic) bond motifs is 1. The van der Waals surface area contributed by atoms with Crippen molar-refractivity contribution in [3.8, 4) is 0 Å². The third-order valence-electron chi connectivity index (χ3n) is 4.26. The van der Waals surface area contributed by atoms with E-state index in [0.29, 0.717) is 41.0 Å². The fraction of sp³-hybridized carbons (Fsp3) is 0.300. The Kier molecular flexibility index (Phi) is 7.64. The van der Waals surface area contributed by atoms with Crippen LogP contribution in [0.15, 0.2) is 30.3 Å². The first-order chi connectivity index (χ1) is 14.8. The SMILES string of the molecule is CC(=O)OCC(=O)N(CCCNc1nc2nc(F)ccc2[nH]1)Cc1cc(Cl)cc(Cl)c1. The number of aromatic nitrogens is 3. The highest BCUT2D eigenvalue weighted by Crippen LogP contribution is 2.20. The lowest BCUT2D eigenvalue weighted by Gasteiger charge is -2.23. The van der Waals surface area contributed by atoms with E-state index in [1.807, 2.05) is 0 Å². The van der Waals surface area contributed by atoms with E-state index in [2.05, 4.69) is 20.3 Å². The minimum absolute atomic E-state index is 0.258. The zero-order valence-electron chi connectivity index (χ0n) is 16.6. The van der Waals surface area contributed by atoms with Crippen molar-refractivity contribution in [3.63, 3.8) is 0 Å². The number of hydrogen-bond donors (Lipinski definition) is 2. The van der Waals surface area contributed by atoms with Crippen molar-refractivity contribution in [2.45, 2.75) is 19.9 Å². The molecule has 1 amide bonds. The number of benzene rings is 1. The minimum atomic E-state index is -0.603. The molecule has 8 nitrogen and oxygen atoms in total. The number of carbonyl (C=O) groups is 2. The number of rotatable bonds is 9. The van der Waals surface area contributed by atoms with E-state index in [0.717, 1.165) is 5.56 Å². The molecule has 0 unspecified atom stereocenters. The number of pyridine rings is 1. The Hall–Kier alpha value is -2.91. The molecule has 0 saturated heterocycles. The molecule has 0 aliphatic carbocycles. The fourth-order valence-corrected chi connectivity index (χ4v) is 3.47. The number of imidazole rings is 1. The maximum absolute atomic E-state index is 13.2. The van der Waals surface area contributed by atoms with Crippen molar-refractivity contribution >= 4 is 52.2 Å². The molecular formula is C20H20Cl2FN5O3. The van der Waals surface area contributed by atoms with Gasteiger partial charge in [0.1, 0.15) is 0 Å². The van der Waals surface area contributed by atoms with Crippen LogP contribution in [-0.2, 0) is 20.9 Å². The summed E-state index contributed by atoms with van der Waals surface area (Å²) in [5, 5.41) is 4.01. The van der Waals surface area contributed by atoms with Gasteiger partial charge in [-0.05, 0) is 42.3 Å². The summed E-state index contributed by atoms with van der Waals surface area (Å²) < 4.78 is 18.0. The van der Waals surface area contributed by atoms with E-state index in [1.54, 1.807) is 29.2 Å². The molecule has 31 heavy (non-hydrogen) atoms. The monoisotopic (exact) mass is 467 g/mol. The van der Waals surface area contributed by atoms with Crippen LogP contribution in [0.1, 0.15) is 18.9 Å². The number of H-pyrrole nitrogens is 1. The molecule has 1 aromatic carbocycles. The van der Waals surface area contributed by atoms with E-state index in [4.69, 9.17) is 27.9 Å². The summed E-state index contributed by atoms with van der Waals surface area (Å²) in [5.74, 6) is -1.02. The number of hydrogen-bond acceptors (Lipinski definition) is 6. The zero-order chi connectivity index (χ0) is 22.4. The molecule has 2 aromatic heterocycles. The van der Waals surface area contributed by atoms with Gasteiger partial charge < -0.3 is 19.9 Å². The van der Waals surface area contributed by atoms with Gasteiger partial charge in [0.15, 0.2) is 12.3 Å². The van der Waals surface area contributed by atoms with Crippen molar-refractivity contribution in [2.24, 2.45) is 0 Å². The van der Waals surface area contributed by atoms with Crippen LogP contribution in [0.4, 0.5) is 10.3 Å². The molecule has 0 bridgehead atoms. The Bertz CT molecular complexity index is 1070. The second-order valence-corrected chi connectivity index (χ2v) is 7.62. The molecule has 0 fully saturated rings. The number of amides is 1. The molecule has 11 heteroatoms. The van der Waals surface area contributed by atoms with Crippen LogP contribution in [0.3, 0.4) is 0 Å². The molecule has 2 N–H and O–H groups in total. The third-order valence-corrected chi connectivity index (χ3v) is 4.69. The molecule has 0 saturated carbocycles. The van der Waals surface area contributed by atoms with Gasteiger partial charge in [0.05, 0.1) is 5.52 Å². The Morgan fingerprint density at radius 2 is 1.94 bits per heavy atom. The van der Waals surface area contributed by atoms with Crippen molar-refractivity contribution in [1.29, 1.82) is 0 Å². The average Bonchev–Trinajstić information content (AvgIpc) is 3.09. The summed E-state index contributed by atoms with van der Waals surface area (Å²) >= 11 is 12.1. The first kappa shape index (κ1) is 22.8. The Labute approximate surface area is 187 Å². The normalized spacial score (nSPS) is 10.8. The highest BCUT2D eigenvalue weighted by Gasteiger charge is 2.16. The van der Waals surface area contributed by atoms with E-state index in [1.165, 1.54) is 13.0 Å². The van der Waals surface area contributed by atoms with E-state index in [9.17, 15) is 14.0 Å². The number of nitrogens with one attached hydrogen (secondary N) is 2. The van der Waals surface area contributed by atoms with Gasteiger partial charge in [-0.15, -0.1) is 0 Å². The average molecular weight is 468 g/mol. The molecule has 0 aliphatic heterocycles. The topological polar surface area (TPSA) is 100 Å². The van der Waals surface area contributed by atoms with Crippen LogP contribution in [0, 0.1) is 5.95 Å². The molecule has 0 spiro atoms. The maximum atomic E-state index is 13.2. The number of anilines is 1. The highest BCUT2D eigenvalue weighted by atomic mass is 35.5. The van der Waals surface area contributed by atoms with Crippen LogP contribution in [0.5, 0.6) is 0 Å². The molecule has 0 aliphatic rings. The van der Waals surface area contributed by atoms with Crippen LogP contribution in [0.25, 0.3) is 11.2 Å². The minimum Gasteiger partial charge on any atom is -0.456 e. The number of halogens is 3. The van der Waals surface area contributed by atoms with E-state index in [-0.39, 0.29) is 24.7 Å². The van der Waals surface area contributed by atoms with Crippen LogP contribution >= 0.6 is 23.2 Å². The fourth-order valence-electron chi connectivity index (χ4n) is 2.90. The molecular weight excluding hydrogens is 448 g/mol. The molecule has 164 valence electrons. The van der Waals surface area contributed by atoms with Crippen LogP contribution < -0.4 is 5.32 Å². The summed E-state index contributed by atoms with van der Waals surface area (Å²) in [6.45, 7) is 2.01. The van der Waals surface area contributed by atoms with Gasteiger partial charge in [-0.1, -0.05) is 23.2 Å². The second-order valence-electron chi connectivity index (χ2n) is 6.74. The first-order valence-electron chi connectivity index (χ1n) is 9.42. The molecule has 2 heterocycles. The predicted octanol–water partition coefficient (Wildman–Crippen LogP) is 3.80. The molecule has 0 radical (unpaired) electrons. The lowest BCUT2D eigenvalue weighted by atomic mass is 10.2. The number of esters is 1. The first-order valence-corrected chi connectivity index (χ1v) is 10.2. The Morgan fingerprint density at radius 3 is 2.65 bits per heavy atom. The predicted molar refractivity (Wildman–Crippen MR) is 115 cm³/mol. The number of nitrogens with zero attached hydrogens (tertiary/aromatic N) is 3. The van der Waals surface area contributed by atoms with Crippen molar-refractivity contribution in [1.82, 2.24) is 19.9 Å². The van der Waals surface area contributed by atoms with Gasteiger partial charge in [-0.3, -0.25) is 9.59 Å². The van der Waals surface area contributed by atoms with Gasteiger partial charge in [0.2, 0.25) is 11.9 Å². The summed E-state index contributed by atoms with van der Waals surface area (Å²) in [5.41, 5.74) is 1.64.